The summed E-state index contributed by atoms with van der Waals surface area (Å²) in [5.41, 5.74) is -0.0387. The Labute approximate surface area is 78.0 Å². The summed E-state index contributed by atoms with van der Waals surface area (Å²) in [6.07, 6.45) is 1.68. The molecule has 0 bridgehead atoms. The van der Waals surface area contributed by atoms with Crippen molar-refractivity contribution in [2.24, 2.45) is 0 Å². The first-order valence-electron chi connectivity index (χ1n) is 4.84. The van der Waals surface area contributed by atoms with E-state index in [2.05, 4.69) is 17.6 Å². The largest absolute Gasteiger partial charge is 0.368 e. The molecule has 1 atom stereocenters. The zero-order valence-corrected chi connectivity index (χ0v) is 7.93. The van der Waals surface area contributed by atoms with Crippen LogP contribution in [0.5, 0.6) is 0 Å². The minimum atomic E-state index is -0.197. The zero-order chi connectivity index (χ0) is 9.31. The van der Waals surface area contributed by atoms with Gasteiger partial charge in [0.1, 0.15) is 6.10 Å². The molecule has 1 unspecified atom stereocenters. The van der Waals surface area contributed by atoms with Crippen LogP contribution in [0.15, 0.2) is 0 Å². The van der Waals surface area contributed by atoms with Crippen molar-refractivity contribution in [3.05, 3.63) is 0 Å². The summed E-state index contributed by atoms with van der Waals surface area (Å²) in [4.78, 5) is 11.6. The van der Waals surface area contributed by atoms with Crippen molar-refractivity contribution in [1.82, 2.24) is 10.6 Å². The summed E-state index contributed by atoms with van der Waals surface area (Å²) in [6.45, 7) is 4.51. The lowest BCUT2D eigenvalue weighted by Crippen LogP contribution is -2.68. The second-order valence-electron chi connectivity index (χ2n) is 4.16. The van der Waals surface area contributed by atoms with E-state index in [0.29, 0.717) is 0 Å². The molecular weight excluding hydrogens is 168 g/mol. The molecule has 2 N–H and O–H groups in total. The van der Waals surface area contributed by atoms with E-state index in [1.807, 2.05) is 0 Å². The van der Waals surface area contributed by atoms with Crippen LogP contribution in [0.3, 0.4) is 0 Å². The Morgan fingerprint density at radius 2 is 2.38 bits per heavy atom. The number of nitrogens with one attached hydrogen (secondary N) is 2. The molecule has 0 aromatic rings. The third-order valence-corrected chi connectivity index (χ3v) is 2.68. The number of ether oxygens (including phenoxy) is 1. The van der Waals surface area contributed by atoms with Crippen molar-refractivity contribution in [3.63, 3.8) is 0 Å². The molecule has 0 aromatic carbocycles. The average molecular weight is 184 g/mol. The molecule has 2 rings (SSSR count). The first-order valence-corrected chi connectivity index (χ1v) is 4.84. The predicted molar refractivity (Wildman–Crippen MR) is 48.4 cm³/mol. The van der Waals surface area contributed by atoms with Crippen LogP contribution in [0.25, 0.3) is 0 Å². The molecule has 2 saturated heterocycles. The monoisotopic (exact) mass is 184 g/mol. The molecule has 0 spiro atoms. The van der Waals surface area contributed by atoms with Gasteiger partial charge in [-0.25, -0.2) is 0 Å². The highest BCUT2D eigenvalue weighted by Crippen LogP contribution is 2.15. The summed E-state index contributed by atoms with van der Waals surface area (Å²) in [5.74, 6) is 0.0569. The topological polar surface area (TPSA) is 50.4 Å². The lowest BCUT2D eigenvalue weighted by molar-refractivity contribution is -0.132. The van der Waals surface area contributed by atoms with Crippen LogP contribution < -0.4 is 10.6 Å². The minimum absolute atomic E-state index is 0.0387. The lowest BCUT2D eigenvalue weighted by atomic mass is 9.95. The lowest BCUT2D eigenvalue weighted by Gasteiger charge is -2.40. The Hall–Kier alpha value is -0.610. The quantitative estimate of drug-likeness (QED) is 0.616. The van der Waals surface area contributed by atoms with Gasteiger partial charge in [0.25, 0.3) is 0 Å². The highest BCUT2D eigenvalue weighted by Gasteiger charge is 2.35. The smallest absolute Gasteiger partial charge is 0.249 e. The van der Waals surface area contributed by atoms with E-state index in [4.69, 9.17) is 4.74 Å². The van der Waals surface area contributed by atoms with Crippen molar-refractivity contribution in [1.29, 1.82) is 0 Å². The number of carbonyl (C=O) groups is 1. The predicted octanol–water partition coefficient (Wildman–Crippen LogP) is -0.357. The van der Waals surface area contributed by atoms with Gasteiger partial charge in [-0.3, -0.25) is 4.79 Å². The first kappa shape index (κ1) is 8.97. The molecule has 1 amide bonds. The second kappa shape index (κ2) is 3.27. The molecule has 4 nitrogen and oxygen atoms in total. The molecule has 2 heterocycles. The number of carbonyl (C=O) groups excluding carboxylic acids is 1. The fourth-order valence-electron chi connectivity index (χ4n) is 1.75. The van der Waals surface area contributed by atoms with E-state index in [1.54, 1.807) is 0 Å². The molecular formula is C9H16N2O2. The number of rotatable bonds is 2. The molecule has 13 heavy (non-hydrogen) atoms. The highest BCUT2D eigenvalue weighted by molar-refractivity contribution is 5.81. The third kappa shape index (κ3) is 1.84. The normalized spacial score (nSPS) is 31.0. The van der Waals surface area contributed by atoms with Gasteiger partial charge in [0.2, 0.25) is 5.91 Å². The van der Waals surface area contributed by atoms with Crippen molar-refractivity contribution >= 4 is 5.91 Å². The van der Waals surface area contributed by atoms with Gasteiger partial charge in [-0.05, 0) is 19.8 Å². The molecule has 2 aliphatic heterocycles. The molecule has 74 valence electrons. The van der Waals surface area contributed by atoms with E-state index in [0.717, 1.165) is 32.5 Å². The number of hydrogen-bond donors (Lipinski definition) is 2. The van der Waals surface area contributed by atoms with E-state index >= 15 is 0 Å². The fourth-order valence-corrected chi connectivity index (χ4v) is 1.75. The highest BCUT2D eigenvalue weighted by atomic mass is 16.5. The zero-order valence-electron chi connectivity index (χ0n) is 7.93. The summed E-state index contributed by atoms with van der Waals surface area (Å²) in [7, 11) is 0. The SMILES string of the molecule is CC1(NC(=O)C2CCCO2)CNC1. The van der Waals surface area contributed by atoms with Gasteiger partial charge in [-0.15, -0.1) is 0 Å². The first-order chi connectivity index (χ1) is 6.20. The van der Waals surface area contributed by atoms with Crippen molar-refractivity contribution < 1.29 is 9.53 Å². The van der Waals surface area contributed by atoms with Gasteiger partial charge in [0.15, 0.2) is 0 Å². The molecule has 0 radical (unpaired) electrons. The van der Waals surface area contributed by atoms with Crippen LogP contribution in [0, 0.1) is 0 Å². The maximum absolute atomic E-state index is 11.6. The Morgan fingerprint density at radius 1 is 1.62 bits per heavy atom. The van der Waals surface area contributed by atoms with E-state index in [-0.39, 0.29) is 17.6 Å². The molecule has 4 heteroatoms. The summed E-state index contributed by atoms with van der Waals surface area (Å²) < 4.78 is 5.30. The maximum atomic E-state index is 11.6. The summed E-state index contributed by atoms with van der Waals surface area (Å²) in [5, 5.41) is 6.15. The average Bonchev–Trinajstić information content (AvgIpc) is 2.53. The Morgan fingerprint density at radius 3 is 2.85 bits per heavy atom. The van der Waals surface area contributed by atoms with Crippen LogP contribution in [-0.2, 0) is 9.53 Å². The molecule has 0 aliphatic carbocycles. The van der Waals surface area contributed by atoms with Gasteiger partial charge >= 0.3 is 0 Å². The third-order valence-electron chi connectivity index (χ3n) is 2.68. The van der Waals surface area contributed by atoms with Crippen LogP contribution in [0.2, 0.25) is 0 Å². The Balaban J connectivity index is 1.83. The van der Waals surface area contributed by atoms with Crippen molar-refractivity contribution in [2.75, 3.05) is 19.7 Å². The standard InChI is InChI=1S/C9H16N2O2/c1-9(5-10-6-9)11-8(12)7-3-2-4-13-7/h7,10H,2-6H2,1H3,(H,11,12). The van der Waals surface area contributed by atoms with Gasteiger partial charge in [-0.2, -0.15) is 0 Å². The van der Waals surface area contributed by atoms with Crippen LogP contribution in [0.1, 0.15) is 19.8 Å². The van der Waals surface area contributed by atoms with E-state index < -0.39 is 0 Å². The maximum Gasteiger partial charge on any atom is 0.249 e. The molecule has 2 fully saturated rings. The van der Waals surface area contributed by atoms with Crippen molar-refractivity contribution in [3.8, 4) is 0 Å². The van der Waals surface area contributed by atoms with Crippen LogP contribution in [-0.4, -0.2) is 37.2 Å². The summed E-state index contributed by atoms with van der Waals surface area (Å²) >= 11 is 0. The number of amides is 1. The van der Waals surface area contributed by atoms with Crippen LogP contribution in [0.4, 0.5) is 0 Å². The van der Waals surface area contributed by atoms with Gasteiger partial charge < -0.3 is 15.4 Å². The molecule has 0 aromatic heterocycles. The van der Waals surface area contributed by atoms with Gasteiger partial charge in [-0.1, -0.05) is 0 Å². The second-order valence-corrected chi connectivity index (χ2v) is 4.16. The van der Waals surface area contributed by atoms with E-state index in [9.17, 15) is 4.79 Å². The van der Waals surface area contributed by atoms with Crippen molar-refractivity contribution in [2.45, 2.75) is 31.4 Å². The fraction of sp³-hybridized carbons (Fsp3) is 0.889. The van der Waals surface area contributed by atoms with Crippen LogP contribution >= 0.6 is 0 Å². The Bertz CT molecular complexity index is 208. The Kier molecular flexibility index (Phi) is 2.26. The van der Waals surface area contributed by atoms with Gasteiger partial charge in [0.05, 0.1) is 5.54 Å². The minimum Gasteiger partial charge on any atom is -0.368 e. The molecule has 0 saturated carbocycles. The number of hydrogen-bond acceptors (Lipinski definition) is 3. The summed E-state index contributed by atoms with van der Waals surface area (Å²) in [6, 6.07) is 0. The molecule has 2 aliphatic rings. The van der Waals surface area contributed by atoms with Gasteiger partial charge in [0, 0.05) is 19.7 Å². The van der Waals surface area contributed by atoms with E-state index in [1.165, 1.54) is 0 Å².